The molecule has 1 aliphatic carbocycles. The van der Waals surface area contributed by atoms with Crippen LogP contribution in [0.4, 0.5) is 10.1 Å². The summed E-state index contributed by atoms with van der Waals surface area (Å²) in [7, 11) is 2.97. The third-order valence-electron chi connectivity index (χ3n) is 3.44. The molecule has 1 amide bonds. The van der Waals surface area contributed by atoms with Crippen LogP contribution < -0.4 is 9.64 Å². The molecule has 18 heavy (non-hydrogen) atoms. The molecule has 1 saturated carbocycles. The standard InChI is InChI=1S/C13H16FNO3/c1-15(12(17)13(8-16)5-6-13)9-3-4-11(18-2)10(14)7-9/h3-4,7,16H,5-6,8H2,1-2H3. The van der Waals surface area contributed by atoms with Crippen molar-refractivity contribution < 1.29 is 19.0 Å². The average molecular weight is 253 g/mol. The number of aliphatic hydroxyl groups excluding tert-OH is 1. The molecule has 0 atom stereocenters. The zero-order valence-corrected chi connectivity index (χ0v) is 10.4. The number of aliphatic hydroxyl groups is 1. The maximum Gasteiger partial charge on any atom is 0.235 e. The molecule has 4 nitrogen and oxygen atoms in total. The van der Waals surface area contributed by atoms with Crippen molar-refractivity contribution >= 4 is 11.6 Å². The molecule has 0 unspecified atom stereocenters. The monoisotopic (exact) mass is 253 g/mol. The highest BCUT2D eigenvalue weighted by atomic mass is 19.1. The van der Waals surface area contributed by atoms with E-state index in [0.29, 0.717) is 18.5 Å². The predicted octanol–water partition coefficient (Wildman–Crippen LogP) is 1.57. The Morgan fingerprint density at radius 1 is 1.56 bits per heavy atom. The lowest BCUT2D eigenvalue weighted by atomic mass is 10.1. The largest absolute Gasteiger partial charge is 0.494 e. The van der Waals surface area contributed by atoms with Crippen LogP contribution in [-0.4, -0.2) is 31.8 Å². The predicted molar refractivity (Wildman–Crippen MR) is 65.1 cm³/mol. The van der Waals surface area contributed by atoms with Crippen molar-refractivity contribution in [3.8, 4) is 5.75 Å². The van der Waals surface area contributed by atoms with Gasteiger partial charge in [-0.2, -0.15) is 0 Å². The quantitative estimate of drug-likeness (QED) is 0.886. The topological polar surface area (TPSA) is 49.8 Å². The number of benzene rings is 1. The molecular formula is C13H16FNO3. The first-order valence-corrected chi connectivity index (χ1v) is 5.76. The van der Waals surface area contributed by atoms with Crippen LogP contribution in [0.3, 0.4) is 0 Å². The maximum atomic E-state index is 13.6. The molecular weight excluding hydrogens is 237 g/mol. The van der Waals surface area contributed by atoms with Crippen molar-refractivity contribution in [3.63, 3.8) is 0 Å². The Bertz CT molecular complexity index is 471. The zero-order chi connectivity index (χ0) is 13.3. The van der Waals surface area contributed by atoms with E-state index in [9.17, 15) is 14.3 Å². The number of carbonyl (C=O) groups is 1. The SMILES string of the molecule is COc1ccc(N(C)C(=O)C2(CO)CC2)cc1F. The fourth-order valence-electron chi connectivity index (χ4n) is 1.93. The highest BCUT2D eigenvalue weighted by molar-refractivity contribution is 5.99. The summed E-state index contributed by atoms with van der Waals surface area (Å²) >= 11 is 0. The summed E-state index contributed by atoms with van der Waals surface area (Å²) in [5.41, 5.74) is -0.191. The minimum absolute atomic E-state index is 0.142. The van der Waals surface area contributed by atoms with E-state index in [1.165, 1.54) is 24.1 Å². The molecule has 0 heterocycles. The summed E-state index contributed by atoms with van der Waals surface area (Å²) in [6.07, 6.45) is 1.37. The first kappa shape index (κ1) is 12.8. The van der Waals surface area contributed by atoms with E-state index in [-0.39, 0.29) is 18.3 Å². The summed E-state index contributed by atoms with van der Waals surface area (Å²) in [5, 5.41) is 9.22. The van der Waals surface area contributed by atoms with E-state index in [1.807, 2.05) is 0 Å². The third kappa shape index (κ3) is 2.06. The molecule has 98 valence electrons. The Morgan fingerprint density at radius 2 is 2.22 bits per heavy atom. The van der Waals surface area contributed by atoms with Crippen LogP contribution in [0.5, 0.6) is 5.75 Å². The number of nitrogens with zero attached hydrogens (tertiary/aromatic N) is 1. The van der Waals surface area contributed by atoms with Crippen molar-refractivity contribution in [2.75, 3.05) is 25.7 Å². The van der Waals surface area contributed by atoms with Gasteiger partial charge in [0.2, 0.25) is 5.91 Å². The summed E-state index contributed by atoms with van der Waals surface area (Å²) in [4.78, 5) is 13.5. The number of anilines is 1. The van der Waals surface area contributed by atoms with Crippen LogP contribution in [0.2, 0.25) is 0 Å². The molecule has 0 radical (unpaired) electrons. The Labute approximate surface area is 105 Å². The average Bonchev–Trinajstić information content (AvgIpc) is 3.18. The van der Waals surface area contributed by atoms with E-state index >= 15 is 0 Å². The van der Waals surface area contributed by atoms with Gasteiger partial charge in [-0.3, -0.25) is 4.79 Å². The van der Waals surface area contributed by atoms with Gasteiger partial charge < -0.3 is 14.7 Å². The molecule has 1 N–H and O–H groups in total. The number of amides is 1. The van der Waals surface area contributed by atoms with Crippen molar-refractivity contribution in [2.24, 2.45) is 5.41 Å². The van der Waals surface area contributed by atoms with E-state index in [0.717, 1.165) is 0 Å². The minimum Gasteiger partial charge on any atom is -0.494 e. The van der Waals surface area contributed by atoms with Gasteiger partial charge in [-0.15, -0.1) is 0 Å². The van der Waals surface area contributed by atoms with Gasteiger partial charge in [-0.1, -0.05) is 0 Å². The molecule has 1 aromatic rings. The van der Waals surface area contributed by atoms with E-state index in [4.69, 9.17) is 4.74 Å². The fraction of sp³-hybridized carbons (Fsp3) is 0.462. The molecule has 0 spiro atoms. The molecule has 5 heteroatoms. The summed E-state index contributed by atoms with van der Waals surface area (Å²) in [6.45, 7) is -0.158. The number of rotatable bonds is 4. The molecule has 0 aliphatic heterocycles. The van der Waals surface area contributed by atoms with E-state index in [2.05, 4.69) is 0 Å². The fourth-order valence-corrected chi connectivity index (χ4v) is 1.93. The maximum absolute atomic E-state index is 13.6. The van der Waals surface area contributed by atoms with Crippen LogP contribution in [0.25, 0.3) is 0 Å². The van der Waals surface area contributed by atoms with Crippen LogP contribution in [0.15, 0.2) is 18.2 Å². The zero-order valence-electron chi connectivity index (χ0n) is 10.4. The molecule has 1 fully saturated rings. The van der Waals surface area contributed by atoms with Gasteiger partial charge in [0.05, 0.1) is 19.1 Å². The molecule has 0 saturated heterocycles. The van der Waals surface area contributed by atoms with Crippen molar-refractivity contribution in [3.05, 3.63) is 24.0 Å². The molecule has 1 aliphatic rings. The summed E-state index contributed by atoms with van der Waals surface area (Å²) < 4.78 is 18.4. The Kier molecular flexibility index (Phi) is 3.26. The number of ether oxygens (including phenoxy) is 1. The minimum atomic E-state index is -0.648. The van der Waals surface area contributed by atoms with Gasteiger partial charge in [0, 0.05) is 18.8 Å². The van der Waals surface area contributed by atoms with Crippen LogP contribution in [-0.2, 0) is 4.79 Å². The van der Waals surface area contributed by atoms with Crippen LogP contribution in [0.1, 0.15) is 12.8 Å². The number of carbonyl (C=O) groups excluding carboxylic acids is 1. The van der Waals surface area contributed by atoms with E-state index in [1.54, 1.807) is 13.1 Å². The first-order valence-electron chi connectivity index (χ1n) is 5.76. The molecule has 2 rings (SSSR count). The van der Waals surface area contributed by atoms with Gasteiger partial charge >= 0.3 is 0 Å². The highest BCUT2D eigenvalue weighted by Gasteiger charge is 2.50. The van der Waals surface area contributed by atoms with Gasteiger partial charge in [-0.05, 0) is 25.0 Å². The van der Waals surface area contributed by atoms with Crippen LogP contribution >= 0.6 is 0 Å². The Hall–Kier alpha value is -1.62. The molecule has 0 aromatic heterocycles. The van der Waals surface area contributed by atoms with Crippen molar-refractivity contribution in [1.29, 1.82) is 0 Å². The van der Waals surface area contributed by atoms with Crippen LogP contribution in [0, 0.1) is 11.2 Å². The second-order valence-electron chi connectivity index (χ2n) is 4.62. The molecule has 0 bridgehead atoms. The number of hydrogen-bond donors (Lipinski definition) is 1. The number of halogens is 1. The second kappa shape index (κ2) is 4.57. The number of hydrogen-bond acceptors (Lipinski definition) is 3. The Balaban J connectivity index is 2.21. The second-order valence-corrected chi connectivity index (χ2v) is 4.62. The van der Waals surface area contributed by atoms with E-state index < -0.39 is 11.2 Å². The third-order valence-corrected chi connectivity index (χ3v) is 3.44. The van der Waals surface area contributed by atoms with Gasteiger partial charge in [0.1, 0.15) is 0 Å². The Morgan fingerprint density at radius 3 is 2.67 bits per heavy atom. The lowest BCUT2D eigenvalue weighted by molar-refractivity contribution is -0.124. The first-order chi connectivity index (χ1) is 8.54. The van der Waals surface area contributed by atoms with Crippen molar-refractivity contribution in [1.82, 2.24) is 0 Å². The smallest absolute Gasteiger partial charge is 0.235 e. The highest BCUT2D eigenvalue weighted by Crippen LogP contribution is 2.47. The number of methoxy groups -OCH3 is 1. The van der Waals surface area contributed by atoms with Crippen molar-refractivity contribution in [2.45, 2.75) is 12.8 Å². The van der Waals surface area contributed by atoms with Gasteiger partial charge in [0.15, 0.2) is 11.6 Å². The molecule has 1 aromatic carbocycles. The van der Waals surface area contributed by atoms with Gasteiger partial charge in [0.25, 0.3) is 0 Å². The summed E-state index contributed by atoms with van der Waals surface area (Å²) in [5.74, 6) is -0.541. The lowest BCUT2D eigenvalue weighted by Gasteiger charge is -2.22. The normalized spacial score (nSPS) is 16.2. The summed E-state index contributed by atoms with van der Waals surface area (Å²) in [6, 6.07) is 4.35. The van der Waals surface area contributed by atoms with Gasteiger partial charge in [-0.25, -0.2) is 4.39 Å². The lowest BCUT2D eigenvalue weighted by Crippen LogP contribution is -2.36.